The van der Waals surface area contributed by atoms with Crippen LogP contribution in [0.15, 0.2) is 81.4 Å². The van der Waals surface area contributed by atoms with E-state index in [0.29, 0.717) is 39.6 Å². The first-order valence-electron chi connectivity index (χ1n) is 11.2. The van der Waals surface area contributed by atoms with E-state index in [1.807, 2.05) is 0 Å². The Morgan fingerprint density at radius 1 is 0.944 bits per heavy atom. The van der Waals surface area contributed by atoms with E-state index in [1.54, 1.807) is 62.4 Å². The van der Waals surface area contributed by atoms with E-state index in [1.165, 1.54) is 28.7 Å². The van der Waals surface area contributed by atoms with Gasteiger partial charge in [-0.15, -0.1) is 0 Å². The van der Waals surface area contributed by atoms with Crippen molar-refractivity contribution in [1.29, 1.82) is 0 Å². The zero-order valence-corrected chi connectivity index (χ0v) is 21.8. The summed E-state index contributed by atoms with van der Waals surface area (Å²) in [5, 5.41) is 12.8. The zero-order chi connectivity index (χ0) is 26.0. The fourth-order valence-corrected chi connectivity index (χ4v) is 5.72. The minimum atomic E-state index is -3.78. The first-order valence-corrected chi connectivity index (χ1v) is 13.3. The maximum absolute atomic E-state index is 13.4. The van der Waals surface area contributed by atoms with Crippen LogP contribution >= 0.6 is 23.2 Å². The lowest BCUT2D eigenvalue weighted by atomic mass is 10.1. The topological polar surface area (TPSA) is 92.0 Å². The Hall–Kier alpha value is -3.17. The maximum atomic E-state index is 13.4. The van der Waals surface area contributed by atoms with Crippen molar-refractivity contribution < 1.29 is 13.5 Å². The van der Waals surface area contributed by atoms with Crippen molar-refractivity contribution in [2.45, 2.75) is 18.7 Å². The molecule has 7 nitrogen and oxygen atoms in total. The molecule has 186 valence electrons. The second-order valence-corrected chi connectivity index (χ2v) is 10.6. The summed E-state index contributed by atoms with van der Waals surface area (Å²) in [5.41, 5.74) is 0.499. The average molecular weight is 544 g/mol. The fraction of sp³-hybridized carbons (Fsp3) is 0.154. The van der Waals surface area contributed by atoms with E-state index in [4.69, 9.17) is 23.2 Å². The second kappa shape index (κ2) is 10.4. The number of benzene rings is 3. The molecule has 10 heteroatoms. The molecule has 0 aliphatic rings. The predicted octanol–water partition coefficient (Wildman–Crippen LogP) is 5.78. The number of rotatable bonds is 7. The van der Waals surface area contributed by atoms with Crippen molar-refractivity contribution in [3.63, 3.8) is 0 Å². The molecule has 0 saturated heterocycles. The summed E-state index contributed by atoms with van der Waals surface area (Å²) in [4.78, 5) is 17.9. The number of sulfonamides is 1. The lowest BCUT2D eigenvalue weighted by Gasteiger charge is -2.19. The molecule has 1 heterocycles. The van der Waals surface area contributed by atoms with Crippen LogP contribution in [-0.4, -0.2) is 41.7 Å². The quantitative estimate of drug-likeness (QED) is 0.299. The summed E-state index contributed by atoms with van der Waals surface area (Å²) in [7, 11) is -3.78. The molecule has 0 amide bonds. The molecule has 0 saturated carbocycles. The van der Waals surface area contributed by atoms with Crippen molar-refractivity contribution in [3.8, 4) is 11.6 Å². The highest BCUT2D eigenvalue weighted by atomic mass is 35.5. The highest BCUT2D eigenvalue weighted by Gasteiger charge is 2.23. The van der Waals surface area contributed by atoms with Crippen molar-refractivity contribution in [2.24, 2.45) is 4.99 Å². The van der Waals surface area contributed by atoms with E-state index >= 15 is 0 Å². The third-order valence-corrected chi connectivity index (χ3v) is 8.55. The van der Waals surface area contributed by atoms with Gasteiger partial charge < -0.3 is 5.11 Å². The van der Waals surface area contributed by atoms with Crippen LogP contribution in [0.2, 0.25) is 10.0 Å². The van der Waals surface area contributed by atoms with Gasteiger partial charge in [0.1, 0.15) is 0 Å². The Morgan fingerprint density at radius 2 is 1.64 bits per heavy atom. The normalized spacial score (nSPS) is 12.1. The standard InChI is InChI=1S/C26H23Cl2N3O4S/c1-3-30(4-2)36(34,35)19-9-7-8-18(15-19)31-25(32)21-11-6-5-10-20(21)22(26(31)33)16-29-17-12-13-23(27)24(28)14-17/h5-16,33H,3-4H2,1-2H3. The summed E-state index contributed by atoms with van der Waals surface area (Å²) in [6.07, 6.45) is 1.43. The molecule has 1 aromatic heterocycles. The van der Waals surface area contributed by atoms with Gasteiger partial charge in [0.15, 0.2) is 0 Å². The van der Waals surface area contributed by atoms with Crippen LogP contribution in [0, 0.1) is 0 Å². The van der Waals surface area contributed by atoms with Crippen LogP contribution in [0.25, 0.3) is 16.5 Å². The molecule has 0 aliphatic heterocycles. The summed E-state index contributed by atoms with van der Waals surface area (Å²) in [6, 6.07) is 17.6. The Kier molecular flexibility index (Phi) is 7.51. The summed E-state index contributed by atoms with van der Waals surface area (Å²) < 4.78 is 28.6. The van der Waals surface area contributed by atoms with Crippen molar-refractivity contribution >= 4 is 55.9 Å². The molecule has 0 bridgehead atoms. The van der Waals surface area contributed by atoms with Crippen LogP contribution in [0.1, 0.15) is 19.4 Å². The molecule has 36 heavy (non-hydrogen) atoms. The van der Waals surface area contributed by atoms with E-state index in [-0.39, 0.29) is 22.0 Å². The predicted molar refractivity (Wildman–Crippen MR) is 145 cm³/mol. The first-order chi connectivity index (χ1) is 17.2. The molecular formula is C26H23Cl2N3O4S. The third kappa shape index (κ3) is 4.77. The number of aliphatic imine (C=N–C) groups is 1. The van der Waals surface area contributed by atoms with Crippen LogP contribution < -0.4 is 5.56 Å². The Labute approximate surface area is 218 Å². The van der Waals surface area contributed by atoms with E-state index < -0.39 is 15.6 Å². The molecule has 4 rings (SSSR count). The molecular weight excluding hydrogens is 521 g/mol. The summed E-state index contributed by atoms with van der Waals surface area (Å²) >= 11 is 12.1. The van der Waals surface area contributed by atoms with Gasteiger partial charge in [-0.05, 0) is 42.5 Å². The van der Waals surface area contributed by atoms with Crippen LogP contribution in [-0.2, 0) is 10.0 Å². The van der Waals surface area contributed by atoms with Crippen LogP contribution in [0.3, 0.4) is 0 Å². The Balaban J connectivity index is 1.93. The molecule has 0 spiro atoms. The number of aromatic hydroxyl groups is 1. The smallest absolute Gasteiger partial charge is 0.265 e. The van der Waals surface area contributed by atoms with E-state index in [2.05, 4.69) is 4.99 Å². The van der Waals surface area contributed by atoms with Crippen LogP contribution in [0.4, 0.5) is 5.69 Å². The van der Waals surface area contributed by atoms with Gasteiger partial charge in [0.25, 0.3) is 5.56 Å². The monoisotopic (exact) mass is 543 g/mol. The molecule has 0 fully saturated rings. The maximum Gasteiger partial charge on any atom is 0.265 e. The minimum absolute atomic E-state index is 0.0224. The Bertz CT molecular complexity index is 1650. The summed E-state index contributed by atoms with van der Waals surface area (Å²) in [6.45, 7) is 4.12. The zero-order valence-electron chi connectivity index (χ0n) is 19.5. The summed E-state index contributed by atoms with van der Waals surface area (Å²) in [5.74, 6) is -0.375. The molecule has 3 aromatic carbocycles. The fourth-order valence-electron chi connectivity index (χ4n) is 3.93. The minimum Gasteiger partial charge on any atom is -0.494 e. The number of hydrogen-bond donors (Lipinski definition) is 1. The molecule has 0 unspecified atom stereocenters. The lowest BCUT2D eigenvalue weighted by molar-refractivity contribution is 0.435. The van der Waals surface area contributed by atoms with Gasteiger partial charge in [-0.3, -0.25) is 9.79 Å². The van der Waals surface area contributed by atoms with Gasteiger partial charge in [0, 0.05) is 30.1 Å². The van der Waals surface area contributed by atoms with E-state index in [9.17, 15) is 18.3 Å². The van der Waals surface area contributed by atoms with Crippen molar-refractivity contribution in [1.82, 2.24) is 8.87 Å². The van der Waals surface area contributed by atoms with Crippen molar-refractivity contribution in [3.05, 3.63) is 92.7 Å². The number of pyridine rings is 1. The molecule has 1 N–H and O–H groups in total. The van der Waals surface area contributed by atoms with Crippen molar-refractivity contribution in [2.75, 3.05) is 13.1 Å². The SMILES string of the molecule is CCN(CC)S(=O)(=O)c1cccc(-n2c(O)c(C=Nc3ccc(Cl)c(Cl)c3)c3ccccc3c2=O)c1. The van der Waals surface area contributed by atoms with Gasteiger partial charge >= 0.3 is 0 Å². The number of nitrogens with zero attached hydrogens (tertiary/aromatic N) is 3. The number of hydrogen-bond acceptors (Lipinski definition) is 5. The molecule has 0 aliphatic carbocycles. The van der Waals surface area contributed by atoms with Gasteiger partial charge in [-0.1, -0.05) is 61.3 Å². The second-order valence-electron chi connectivity index (χ2n) is 7.87. The average Bonchev–Trinajstić information content (AvgIpc) is 2.87. The first kappa shape index (κ1) is 25.9. The molecule has 4 aromatic rings. The highest BCUT2D eigenvalue weighted by Crippen LogP contribution is 2.30. The number of halogens is 2. The molecule has 0 radical (unpaired) electrons. The number of fused-ring (bicyclic) bond motifs is 1. The van der Waals surface area contributed by atoms with Gasteiger partial charge in [0.05, 0.1) is 31.9 Å². The van der Waals surface area contributed by atoms with Gasteiger partial charge in [-0.25, -0.2) is 13.0 Å². The number of aromatic nitrogens is 1. The Morgan fingerprint density at radius 3 is 2.31 bits per heavy atom. The highest BCUT2D eigenvalue weighted by molar-refractivity contribution is 7.89. The third-order valence-electron chi connectivity index (χ3n) is 5.77. The van der Waals surface area contributed by atoms with Gasteiger partial charge in [-0.2, -0.15) is 4.31 Å². The van der Waals surface area contributed by atoms with Crippen LogP contribution in [0.5, 0.6) is 5.88 Å². The van der Waals surface area contributed by atoms with E-state index in [0.717, 1.165) is 4.57 Å². The van der Waals surface area contributed by atoms with Gasteiger partial charge in [0.2, 0.25) is 15.9 Å². The largest absolute Gasteiger partial charge is 0.494 e. The molecule has 0 atom stereocenters. The lowest BCUT2D eigenvalue weighted by Crippen LogP contribution is -2.30.